The van der Waals surface area contributed by atoms with Gasteiger partial charge in [-0.1, -0.05) is 6.07 Å². The molecule has 2 N–H and O–H groups in total. The molecule has 9 heteroatoms. The molecule has 0 spiro atoms. The van der Waals surface area contributed by atoms with E-state index in [4.69, 9.17) is 0 Å². The molecule has 1 amide bonds. The molecule has 1 saturated heterocycles. The topological polar surface area (TPSA) is 44.4 Å². The Morgan fingerprint density at radius 2 is 1.57 bits per heavy atom. The fourth-order valence-electron chi connectivity index (χ4n) is 3.03. The summed E-state index contributed by atoms with van der Waals surface area (Å²) >= 11 is 0. The third-order valence-corrected chi connectivity index (χ3v) is 4.44. The lowest BCUT2D eigenvalue weighted by molar-refractivity contribution is 0.101. The van der Waals surface area contributed by atoms with Crippen molar-refractivity contribution in [2.75, 3.05) is 30.8 Å². The second kappa shape index (κ2) is 10.5. The van der Waals surface area contributed by atoms with Crippen LogP contribution < -0.4 is 10.6 Å². The number of halogens is 5. The lowest BCUT2D eigenvalue weighted by Crippen LogP contribution is -2.36. The Labute approximate surface area is 174 Å². The van der Waals surface area contributed by atoms with Gasteiger partial charge in [-0.15, -0.1) is 24.8 Å². The number of carbonyl (C=O) groups excluding carboxylic acids is 1. The lowest BCUT2D eigenvalue weighted by atomic mass is 10.1. The SMILES string of the molecule is CN1CCC(Nc2cccc(NC(=O)c3c(F)cc(F)cc3F)c2)CC1.Cl.Cl. The van der Waals surface area contributed by atoms with Crippen LogP contribution in [-0.2, 0) is 0 Å². The number of likely N-dealkylation sites (tertiary alicyclic amines) is 1. The summed E-state index contributed by atoms with van der Waals surface area (Å²) in [5.41, 5.74) is 0.411. The van der Waals surface area contributed by atoms with E-state index in [0.717, 1.165) is 31.6 Å². The normalized spacial score (nSPS) is 14.6. The van der Waals surface area contributed by atoms with E-state index in [0.29, 0.717) is 23.9 Å². The van der Waals surface area contributed by atoms with Gasteiger partial charge in [-0.25, -0.2) is 13.2 Å². The third kappa shape index (κ3) is 6.02. The Morgan fingerprint density at radius 3 is 2.18 bits per heavy atom. The molecule has 154 valence electrons. The van der Waals surface area contributed by atoms with Gasteiger partial charge in [0, 0.05) is 29.5 Å². The summed E-state index contributed by atoms with van der Waals surface area (Å²) in [6, 6.07) is 8.24. The van der Waals surface area contributed by atoms with Gasteiger partial charge >= 0.3 is 0 Å². The van der Waals surface area contributed by atoms with Crippen LogP contribution in [0.1, 0.15) is 23.2 Å². The van der Waals surface area contributed by atoms with E-state index in [2.05, 4.69) is 22.6 Å². The maximum Gasteiger partial charge on any atom is 0.261 e. The molecule has 0 aliphatic carbocycles. The predicted molar refractivity (Wildman–Crippen MR) is 109 cm³/mol. The van der Waals surface area contributed by atoms with Gasteiger partial charge in [0.2, 0.25) is 0 Å². The van der Waals surface area contributed by atoms with Gasteiger partial charge < -0.3 is 15.5 Å². The van der Waals surface area contributed by atoms with Gasteiger partial charge in [0.1, 0.15) is 23.0 Å². The summed E-state index contributed by atoms with van der Waals surface area (Å²) in [5.74, 6) is -4.50. The van der Waals surface area contributed by atoms with E-state index in [9.17, 15) is 18.0 Å². The average Bonchev–Trinajstić information content (AvgIpc) is 2.56. The first-order valence-corrected chi connectivity index (χ1v) is 8.43. The largest absolute Gasteiger partial charge is 0.382 e. The lowest BCUT2D eigenvalue weighted by Gasteiger charge is -2.30. The van der Waals surface area contributed by atoms with Crippen molar-refractivity contribution < 1.29 is 18.0 Å². The van der Waals surface area contributed by atoms with Crippen LogP contribution in [0, 0.1) is 17.5 Å². The summed E-state index contributed by atoms with van der Waals surface area (Å²) < 4.78 is 40.4. The molecule has 3 rings (SSSR count). The Balaban J connectivity index is 0.00000196. The molecular weight excluding hydrogens is 414 g/mol. The monoisotopic (exact) mass is 435 g/mol. The second-order valence-corrected chi connectivity index (χ2v) is 6.50. The quantitative estimate of drug-likeness (QED) is 0.730. The summed E-state index contributed by atoms with van der Waals surface area (Å²) in [6.07, 6.45) is 2.03. The van der Waals surface area contributed by atoms with Gasteiger partial charge in [-0.3, -0.25) is 4.79 Å². The molecule has 4 nitrogen and oxygen atoms in total. The van der Waals surface area contributed by atoms with Crippen LogP contribution >= 0.6 is 24.8 Å². The highest BCUT2D eigenvalue weighted by atomic mass is 35.5. The number of nitrogens with zero attached hydrogens (tertiary/aromatic N) is 1. The van der Waals surface area contributed by atoms with Crippen LogP contribution in [0.25, 0.3) is 0 Å². The van der Waals surface area contributed by atoms with Crippen LogP contribution in [0.2, 0.25) is 0 Å². The minimum absolute atomic E-state index is 0. The number of carbonyl (C=O) groups is 1. The van der Waals surface area contributed by atoms with Crippen molar-refractivity contribution in [3.63, 3.8) is 0 Å². The van der Waals surface area contributed by atoms with Crippen LogP contribution in [0.15, 0.2) is 36.4 Å². The van der Waals surface area contributed by atoms with E-state index in [1.165, 1.54) is 0 Å². The Bertz CT molecular complexity index is 792. The summed E-state index contributed by atoms with van der Waals surface area (Å²) in [6.45, 7) is 2.02. The highest BCUT2D eigenvalue weighted by Crippen LogP contribution is 2.21. The molecule has 2 aromatic carbocycles. The standard InChI is InChI=1S/C19H20F3N3O.2ClH/c1-25-7-5-13(6-8-25)23-14-3-2-4-15(11-14)24-19(26)18-16(21)9-12(20)10-17(18)22;;/h2-4,9-11,13,23H,5-8H2,1H3,(H,24,26);2*1H. The van der Waals surface area contributed by atoms with E-state index in [1.807, 2.05) is 6.07 Å². The van der Waals surface area contributed by atoms with Crippen molar-refractivity contribution in [1.29, 1.82) is 0 Å². The molecule has 0 unspecified atom stereocenters. The van der Waals surface area contributed by atoms with Gasteiger partial charge in [-0.05, 0) is 51.2 Å². The minimum Gasteiger partial charge on any atom is -0.382 e. The summed E-state index contributed by atoms with van der Waals surface area (Å²) in [5, 5.41) is 5.86. The Kier molecular flexibility index (Phi) is 9.07. The van der Waals surface area contributed by atoms with E-state index < -0.39 is 28.9 Å². The van der Waals surface area contributed by atoms with E-state index >= 15 is 0 Å². The van der Waals surface area contributed by atoms with E-state index in [1.54, 1.807) is 18.2 Å². The molecule has 1 aliphatic heterocycles. The number of hydrogen-bond acceptors (Lipinski definition) is 3. The van der Waals surface area contributed by atoms with Crippen LogP contribution in [0.5, 0.6) is 0 Å². The number of piperidine rings is 1. The highest BCUT2D eigenvalue weighted by molar-refractivity contribution is 6.04. The van der Waals surface area contributed by atoms with Gasteiger partial charge in [-0.2, -0.15) is 0 Å². The third-order valence-electron chi connectivity index (χ3n) is 4.44. The maximum atomic E-state index is 13.7. The number of hydrogen-bond donors (Lipinski definition) is 2. The zero-order valence-electron chi connectivity index (χ0n) is 15.2. The molecule has 0 aromatic heterocycles. The number of benzene rings is 2. The predicted octanol–water partition coefficient (Wildman–Crippen LogP) is 4.71. The van der Waals surface area contributed by atoms with Gasteiger partial charge in [0.25, 0.3) is 5.91 Å². The number of rotatable bonds is 4. The Morgan fingerprint density at radius 1 is 1.00 bits per heavy atom. The van der Waals surface area contributed by atoms with Crippen molar-refractivity contribution in [2.24, 2.45) is 0 Å². The number of anilines is 2. The van der Waals surface area contributed by atoms with Crippen molar-refractivity contribution >= 4 is 42.1 Å². The summed E-state index contributed by atoms with van der Waals surface area (Å²) in [4.78, 5) is 14.4. The first-order valence-electron chi connectivity index (χ1n) is 8.43. The second-order valence-electron chi connectivity index (χ2n) is 6.50. The molecule has 1 aliphatic rings. The fraction of sp³-hybridized carbons (Fsp3) is 0.316. The minimum atomic E-state index is -1.24. The Hall–Kier alpha value is -1.96. The highest BCUT2D eigenvalue weighted by Gasteiger charge is 2.20. The molecule has 1 fully saturated rings. The van der Waals surface area contributed by atoms with Crippen molar-refractivity contribution in [1.82, 2.24) is 4.90 Å². The van der Waals surface area contributed by atoms with Crippen molar-refractivity contribution in [2.45, 2.75) is 18.9 Å². The van der Waals surface area contributed by atoms with Crippen LogP contribution in [0.3, 0.4) is 0 Å². The molecule has 0 saturated carbocycles. The molecular formula is C19H22Cl2F3N3O. The van der Waals surface area contributed by atoms with Gasteiger partial charge in [0.15, 0.2) is 0 Å². The molecule has 0 bridgehead atoms. The number of amides is 1. The maximum absolute atomic E-state index is 13.7. The van der Waals surface area contributed by atoms with E-state index in [-0.39, 0.29) is 24.8 Å². The van der Waals surface area contributed by atoms with Gasteiger partial charge in [0.05, 0.1) is 0 Å². The zero-order chi connectivity index (χ0) is 18.7. The van der Waals surface area contributed by atoms with Crippen LogP contribution in [0.4, 0.5) is 24.5 Å². The molecule has 0 atom stereocenters. The average molecular weight is 436 g/mol. The molecule has 1 heterocycles. The zero-order valence-corrected chi connectivity index (χ0v) is 16.8. The number of nitrogens with one attached hydrogen (secondary N) is 2. The smallest absolute Gasteiger partial charge is 0.261 e. The molecule has 2 aromatic rings. The summed E-state index contributed by atoms with van der Waals surface area (Å²) in [7, 11) is 2.08. The van der Waals surface area contributed by atoms with Crippen LogP contribution in [-0.4, -0.2) is 37.0 Å². The van der Waals surface area contributed by atoms with Crippen molar-refractivity contribution in [3.05, 3.63) is 59.4 Å². The first kappa shape index (κ1) is 24.1. The fourth-order valence-corrected chi connectivity index (χ4v) is 3.03. The van der Waals surface area contributed by atoms with Crippen molar-refractivity contribution in [3.8, 4) is 0 Å². The molecule has 28 heavy (non-hydrogen) atoms. The first-order chi connectivity index (χ1) is 12.4. The molecule has 0 radical (unpaired) electrons.